The van der Waals surface area contributed by atoms with Crippen molar-refractivity contribution < 1.29 is 42.0 Å². The van der Waals surface area contributed by atoms with Crippen LogP contribution in [0.15, 0.2) is 16.4 Å². The molecule has 1 aromatic rings. The van der Waals surface area contributed by atoms with Crippen LogP contribution in [0.25, 0.3) is 0 Å². The minimum absolute atomic E-state index is 0.148. The van der Waals surface area contributed by atoms with Gasteiger partial charge in [-0.1, -0.05) is 11.8 Å². The molecule has 2 amide bonds. The molecule has 2 N–H and O–H groups in total. The summed E-state index contributed by atoms with van der Waals surface area (Å²) in [5.74, 6) is -4.08. The smallest absolute Gasteiger partial charge is 0.573 e. The molecule has 3 heterocycles. The number of nitrogens with zero attached hydrogens (tertiary/aromatic N) is 4. The molecule has 2 aliphatic heterocycles. The van der Waals surface area contributed by atoms with Crippen LogP contribution in [-0.2, 0) is 37.3 Å². The Kier molecular flexibility index (Phi) is 7.28. The molecule has 0 spiro atoms. The van der Waals surface area contributed by atoms with E-state index in [2.05, 4.69) is 15.5 Å². The number of ether oxygens (including phenoxy) is 1. The number of carbonyl (C=O) groups is 3. The quantitative estimate of drug-likeness (QED) is 0.207. The number of carboxylic acid groups (broad SMARTS) is 1. The molecule has 1 saturated heterocycles. The van der Waals surface area contributed by atoms with E-state index in [1.165, 1.54) is 11.8 Å². The Labute approximate surface area is 196 Å². The average Bonchev–Trinajstić information content (AvgIpc) is 3.06. The highest BCUT2D eigenvalue weighted by atomic mass is 32.2. The number of halogens is 3. The minimum Gasteiger partial charge on any atom is -0.609 e. The summed E-state index contributed by atoms with van der Waals surface area (Å²) in [5, 5.41) is 19.2. The molecule has 0 aromatic carbocycles. The number of aliphatic carboxylic acids is 1. The van der Waals surface area contributed by atoms with Crippen LogP contribution >= 0.6 is 23.5 Å². The van der Waals surface area contributed by atoms with Gasteiger partial charge in [0.2, 0.25) is 0 Å². The van der Waals surface area contributed by atoms with E-state index >= 15 is 0 Å². The SMILES string of the molecule is CO[C@@]1(NC(=O)C[S+]([O-])C(F)(F)F)C(=O)N2C(C(=O)O)=C(CSc3nnc(C)n3C)CS[C@H]21. The van der Waals surface area contributed by atoms with Crippen LogP contribution in [0.3, 0.4) is 0 Å². The first-order valence-electron chi connectivity index (χ1n) is 9.04. The minimum atomic E-state index is -5.10. The van der Waals surface area contributed by atoms with Crippen LogP contribution in [0.2, 0.25) is 0 Å². The van der Waals surface area contributed by atoms with Crippen molar-refractivity contribution in [3.8, 4) is 0 Å². The van der Waals surface area contributed by atoms with E-state index in [0.717, 1.165) is 23.8 Å². The van der Waals surface area contributed by atoms with Crippen LogP contribution in [0.1, 0.15) is 5.82 Å². The van der Waals surface area contributed by atoms with E-state index in [4.69, 9.17) is 4.74 Å². The van der Waals surface area contributed by atoms with Crippen molar-refractivity contribution in [3.05, 3.63) is 17.1 Å². The summed E-state index contributed by atoms with van der Waals surface area (Å²) in [5.41, 5.74) is -7.05. The third-order valence-corrected chi connectivity index (χ3v) is 8.43. The van der Waals surface area contributed by atoms with Gasteiger partial charge in [-0.3, -0.25) is 14.5 Å². The summed E-state index contributed by atoms with van der Waals surface area (Å²) < 4.78 is 55.5. The first kappa shape index (κ1) is 25.7. The number of carboxylic acids is 1. The van der Waals surface area contributed by atoms with Gasteiger partial charge >= 0.3 is 11.5 Å². The molecular formula is C16H18F3N5O6S3. The van der Waals surface area contributed by atoms with E-state index in [1.807, 2.05) is 0 Å². The predicted octanol–water partition coefficient (Wildman–Crippen LogP) is 0.197. The van der Waals surface area contributed by atoms with E-state index in [9.17, 15) is 37.2 Å². The third-order valence-electron chi connectivity index (χ3n) is 4.91. The number of carbonyl (C=O) groups excluding carboxylic acids is 2. The number of methoxy groups -OCH3 is 1. The number of hydrogen-bond acceptors (Lipinski definition) is 9. The Hall–Kier alpha value is -1.95. The highest BCUT2D eigenvalue weighted by Crippen LogP contribution is 2.47. The van der Waals surface area contributed by atoms with Crippen molar-refractivity contribution in [2.24, 2.45) is 7.05 Å². The van der Waals surface area contributed by atoms with Crippen molar-refractivity contribution in [3.63, 3.8) is 0 Å². The zero-order valence-corrected chi connectivity index (χ0v) is 19.8. The first-order chi connectivity index (χ1) is 15.3. The van der Waals surface area contributed by atoms with Gasteiger partial charge in [0.1, 0.15) is 16.9 Å². The van der Waals surface area contributed by atoms with Gasteiger partial charge in [-0.15, -0.1) is 35.1 Å². The number of rotatable bonds is 8. The largest absolute Gasteiger partial charge is 0.609 e. The fourth-order valence-corrected chi connectivity index (χ4v) is 6.17. The van der Waals surface area contributed by atoms with E-state index in [1.54, 1.807) is 18.5 Å². The maximum absolute atomic E-state index is 12.9. The molecule has 0 saturated carbocycles. The standard InChI is InChI=1S/C16H18F3N5O6S3/c1-7-21-22-14(23(7)2)32-5-8-4-31-13-15(30-3,12(28)24(13)10(8)11(26)27)20-9(25)6-33(29)16(17,18)19/h13H,4-6H2,1-3H3,(H,20,25)(H,26,27)/t13-,15-,33?/m0/s1. The van der Waals surface area contributed by atoms with Gasteiger partial charge in [0.15, 0.2) is 10.9 Å². The fraction of sp³-hybridized carbons (Fsp3) is 0.562. The number of nitrogens with one attached hydrogen (secondary N) is 1. The highest BCUT2D eigenvalue weighted by molar-refractivity contribution is 8.01. The number of alkyl halides is 3. The number of hydrogen-bond donors (Lipinski definition) is 2. The molecule has 182 valence electrons. The Morgan fingerprint density at radius 3 is 2.64 bits per heavy atom. The van der Waals surface area contributed by atoms with E-state index in [0.29, 0.717) is 16.6 Å². The normalized spacial score (nSPS) is 23.8. The topological polar surface area (TPSA) is 150 Å². The molecule has 11 nitrogen and oxygen atoms in total. The number of fused-ring (bicyclic) bond motifs is 1. The summed E-state index contributed by atoms with van der Waals surface area (Å²) in [7, 11) is 2.80. The lowest BCUT2D eigenvalue weighted by Gasteiger charge is -2.55. The number of amides is 2. The first-order valence-corrected chi connectivity index (χ1v) is 12.4. The summed E-state index contributed by atoms with van der Waals surface area (Å²) >= 11 is -1.16. The Balaban J connectivity index is 1.79. The Morgan fingerprint density at radius 1 is 1.45 bits per heavy atom. The lowest BCUT2D eigenvalue weighted by molar-refractivity contribution is -0.192. The van der Waals surface area contributed by atoms with Crippen LogP contribution in [0.4, 0.5) is 13.2 Å². The Morgan fingerprint density at radius 2 is 2.12 bits per heavy atom. The van der Waals surface area contributed by atoms with Crippen molar-refractivity contribution in [2.75, 3.05) is 24.4 Å². The predicted molar refractivity (Wildman–Crippen MR) is 111 cm³/mol. The van der Waals surface area contributed by atoms with Crippen LogP contribution in [-0.4, -0.2) is 88.1 Å². The maximum atomic E-state index is 12.9. The summed E-state index contributed by atoms with van der Waals surface area (Å²) in [4.78, 5) is 37.8. The van der Waals surface area contributed by atoms with Crippen LogP contribution < -0.4 is 5.32 Å². The molecule has 3 rings (SSSR count). The molecule has 0 bridgehead atoms. The van der Waals surface area contributed by atoms with Gasteiger partial charge in [0, 0.05) is 25.7 Å². The monoisotopic (exact) mass is 529 g/mol. The summed E-state index contributed by atoms with van der Waals surface area (Å²) in [6, 6.07) is 0. The lowest BCUT2D eigenvalue weighted by atomic mass is 9.98. The second-order valence-electron chi connectivity index (χ2n) is 6.90. The molecule has 2 aliphatic rings. The van der Waals surface area contributed by atoms with Gasteiger partial charge in [0.25, 0.3) is 17.5 Å². The average molecular weight is 530 g/mol. The molecule has 1 unspecified atom stereocenters. The van der Waals surface area contributed by atoms with Gasteiger partial charge < -0.3 is 24.3 Å². The van der Waals surface area contributed by atoms with Crippen molar-refractivity contribution in [1.29, 1.82) is 0 Å². The third kappa shape index (κ3) is 4.68. The molecule has 33 heavy (non-hydrogen) atoms. The fourth-order valence-electron chi connectivity index (χ4n) is 3.16. The zero-order valence-electron chi connectivity index (χ0n) is 17.3. The molecule has 0 aliphatic carbocycles. The number of aryl methyl sites for hydroxylation is 1. The highest BCUT2D eigenvalue weighted by Gasteiger charge is 2.67. The molecule has 17 heteroatoms. The van der Waals surface area contributed by atoms with Gasteiger partial charge in [-0.2, -0.15) is 0 Å². The molecular weight excluding hydrogens is 511 g/mol. The van der Waals surface area contributed by atoms with Gasteiger partial charge in [0.05, 0.1) is 11.2 Å². The number of aromatic nitrogens is 3. The van der Waals surface area contributed by atoms with Crippen molar-refractivity contribution in [2.45, 2.75) is 28.7 Å². The molecule has 3 atom stereocenters. The summed E-state index contributed by atoms with van der Waals surface area (Å²) in [6.45, 7) is 1.75. The molecule has 1 fully saturated rings. The van der Waals surface area contributed by atoms with Crippen molar-refractivity contribution in [1.82, 2.24) is 25.0 Å². The lowest BCUT2D eigenvalue weighted by Crippen LogP contribution is -2.81. The van der Waals surface area contributed by atoms with Crippen molar-refractivity contribution >= 4 is 52.5 Å². The second kappa shape index (κ2) is 9.36. The number of β-lactam (4-membered cyclic amide) rings is 1. The van der Waals surface area contributed by atoms with E-state index in [-0.39, 0.29) is 17.2 Å². The van der Waals surface area contributed by atoms with Gasteiger partial charge in [-0.05, 0) is 12.5 Å². The zero-order chi connectivity index (χ0) is 24.7. The van der Waals surface area contributed by atoms with Gasteiger partial charge in [-0.25, -0.2) is 4.79 Å². The van der Waals surface area contributed by atoms with E-state index < -0.39 is 51.3 Å². The second-order valence-corrected chi connectivity index (χ2v) is 10.4. The maximum Gasteiger partial charge on any atom is 0.573 e. The molecule has 0 radical (unpaired) electrons. The van der Waals surface area contributed by atoms with Crippen LogP contribution in [0.5, 0.6) is 0 Å². The Bertz CT molecular complexity index is 1020. The molecule has 1 aromatic heterocycles. The number of thioether (sulfide) groups is 2. The van der Waals surface area contributed by atoms with Crippen LogP contribution in [0, 0.1) is 6.92 Å². The summed E-state index contributed by atoms with van der Waals surface area (Å²) in [6.07, 6.45) is 0.